The number of carbonyl (C=O) groups is 1. The van der Waals surface area contributed by atoms with Gasteiger partial charge in [-0.05, 0) is 26.3 Å². The van der Waals surface area contributed by atoms with Gasteiger partial charge in [0.1, 0.15) is 0 Å². The van der Waals surface area contributed by atoms with E-state index in [9.17, 15) is 4.79 Å². The Morgan fingerprint density at radius 2 is 2.33 bits per heavy atom. The van der Waals surface area contributed by atoms with Gasteiger partial charge in [-0.3, -0.25) is 9.48 Å². The number of amides is 1. The minimum atomic E-state index is 0.296. The van der Waals surface area contributed by atoms with Crippen molar-refractivity contribution in [1.29, 1.82) is 0 Å². The predicted molar refractivity (Wildman–Crippen MR) is 70.2 cm³/mol. The molecule has 1 fully saturated rings. The summed E-state index contributed by atoms with van der Waals surface area (Å²) in [5, 5.41) is 7.71. The summed E-state index contributed by atoms with van der Waals surface area (Å²) in [5.74, 6) is 0.296. The molecule has 0 aliphatic carbocycles. The highest BCUT2D eigenvalue weighted by Gasteiger charge is 2.20. The van der Waals surface area contributed by atoms with Crippen LogP contribution in [0.25, 0.3) is 0 Å². The van der Waals surface area contributed by atoms with Crippen molar-refractivity contribution in [2.24, 2.45) is 0 Å². The molecule has 0 unspecified atom stereocenters. The first-order valence-electron chi connectivity index (χ1n) is 6.69. The van der Waals surface area contributed by atoms with Crippen LogP contribution in [0.4, 0.5) is 0 Å². The van der Waals surface area contributed by atoms with E-state index >= 15 is 0 Å². The van der Waals surface area contributed by atoms with Gasteiger partial charge in [0.05, 0.1) is 6.04 Å². The Morgan fingerprint density at radius 3 is 2.94 bits per heavy atom. The summed E-state index contributed by atoms with van der Waals surface area (Å²) < 4.78 is 1.96. The quantitative estimate of drug-likeness (QED) is 0.821. The van der Waals surface area contributed by atoms with Crippen LogP contribution >= 0.6 is 0 Å². The fraction of sp³-hybridized carbons (Fsp3) is 0.692. The van der Waals surface area contributed by atoms with Gasteiger partial charge in [-0.25, -0.2) is 0 Å². The predicted octanol–water partition coefficient (Wildman–Crippen LogP) is 1.04. The third-order valence-corrected chi connectivity index (χ3v) is 3.69. The van der Waals surface area contributed by atoms with E-state index in [2.05, 4.69) is 24.3 Å². The first-order chi connectivity index (χ1) is 8.68. The number of rotatable bonds is 6. The first-order valence-corrected chi connectivity index (χ1v) is 6.69. The number of nitrogens with zero attached hydrogens (tertiary/aromatic N) is 3. The zero-order valence-electron chi connectivity index (χ0n) is 11.2. The third kappa shape index (κ3) is 3.10. The molecule has 1 saturated heterocycles. The lowest BCUT2D eigenvalue weighted by Crippen LogP contribution is -2.39. The Kier molecular flexibility index (Phi) is 4.36. The van der Waals surface area contributed by atoms with Gasteiger partial charge in [0, 0.05) is 44.5 Å². The lowest BCUT2D eigenvalue weighted by atomic mass is 10.2. The van der Waals surface area contributed by atoms with Gasteiger partial charge < -0.3 is 10.2 Å². The summed E-state index contributed by atoms with van der Waals surface area (Å²) in [5.41, 5.74) is 0. The highest BCUT2D eigenvalue weighted by Crippen LogP contribution is 2.10. The lowest BCUT2D eigenvalue weighted by molar-refractivity contribution is -0.127. The van der Waals surface area contributed by atoms with E-state index in [1.165, 1.54) is 0 Å². The molecule has 5 heteroatoms. The summed E-state index contributed by atoms with van der Waals surface area (Å²) >= 11 is 0. The third-order valence-electron chi connectivity index (χ3n) is 3.69. The van der Waals surface area contributed by atoms with Crippen molar-refractivity contribution >= 4 is 5.91 Å². The maximum atomic E-state index is 11.5. The van der Waals surface area contributed by atoms with Gasteiger partial charge >= 0.3 is 0 Å². The van der Waals surface area contributed by atoms with E-state index in [-0.39, 0.29) is 0 Å². The number of hydrogen-bond acceptors (Lipinski definition) is 3. The van der Waals surface area contributed by atoms with Crippen molar-refractivity contribution in [2.75, 3.05) is 19.6 Å². The van der Waals surface area contributed by atoms with E-state index in [0.717, 1.165) is 32.5 Å². The highest BCUT2D eigenvalue weighted by molar-refractivity contribution is 5.78. The Bertz CT molecular complexity index is 376. The summed E-state index contributed by atoms with van der Waals surface area (Å²) in [4.78, 5) is 13.4. The zero-order valence-corrected chi connectivity index (χ0v) is 11.2. The summed E-state index contributed by atoms with van der Waals surface area (Å²) in [6.07, 6.45) is 5.51. The molecule has 2 heterocycles. The van der Waals surface area contributed by atoms with E-state index < -0.39 is 0 Å². The molecule has 1 N–H and O–H groups in total. The number of hydrogen-bond donors (Lipinski definition) is 1. The van der Waals surface area contributed by atoms with Gasteiger partial charge in [0.2, 0.25) is 5.91 Å². The molecule has 0 saturated carbocycles. The Morgan fingerprint density at radius 1 is 1.50 bits per heavy atom. The molecule has 5 nitrogen and oxygen atoms in total. The van der Waals surface area contributed by atoms with Crippen LogP contribution in [0.2, 0.25) is 0 Å². The van der Waals surface area contributed by atoms with Crippen LogP contribution in [0.5, 0.6) is 0 Å². The van der Waals surface area contributed by atoms with Crippen molar-refractivity contribution in [3.8, 4) is 0 Å². The van der Waals surface area contributed by atoms with E-state index in [0.29, 0.717) is 18.0 Å². The number of nitrogens with one attached hydrogen (secondary N) is 1. The van der Waals surface area contributed by atoms with Gasteiger partial charge in [0.25, 0.3) is 0 Å². The fourth-order valence-corrected chi connectivity index (χ4v) is 2.29. The SMILES string of the molecule is C[C@H](NCCN1CCCC1=O)[C@@H](C)n1cccn1. The molecule has 2 rings (SSSR count). The molecular weight excluding hydrogens is 228 g/mol. The van der Waals surface area contributed by atoms with Crippen LogP contribution in [0, 0.1) is 0 Å². The molecule has 1 aromatic heterocycles. The minimum absolute atomic E-state index is 0.296. The summed E-state index contributed by atoms with van der Waals surface area (Å²) in [6, 6.07) is 2.59. The van der Waals surface area contributed by atoms with Crippen molar-refractivity contribution < 1.29 is 4.79 Å². The zero-order chi connectivity index (χ0) is 13.0. The first kappa shape index (κ1) is 13.1. The van der Waals surface area contributed by atoms with Crippen LogP contribution in [0.15, 0.2) is 18.5 Å². The second-order valence-electron chi connectivity index (χ2n) is 4.95. The van der Waals surface area contributed by atoms with Crippen molar-refractivity contribution in [3.63, 3.8) is 0 Å². The average Bonchev–Trinajstić information content (AvgIpc) is 3.00. The van der Waals surface area contributed by atoms with Crippen molar-refractivity contribution in [3.05, 3.63) is 18.5 Å². The molecule has 0 spiro atoms. The second kappa shape index (κ2) is 6.00. The second-order valence-corrected chi connectivity index (χ2v) is 4.95. The largest absolute Gasteiger partial charge is 0.341 e. The van der Waals surface area contributed by atoms with E-state index in [1.807, 2.05) is 21.8 Å². The summed E-state index contributed by atoms with van der Waals surface area (Å²) in [7, 11) is 0. The molecule has 100 valence electrons. The minimum Gasteiger partial charge on any atom is -0.341 e. The molecular formula is C13H22N4O. The van der Waals surface area contributed by atoms with Gasteiger partial charge in [-0.1, -0.05) is 0 Å². The maximum absolute atomic E-state index is 11.5. The fourth-order valence-electron chi connectivity index (χ4n) is 2.29. The molecule has 1 aliphatic heterocycles. The van der Waals surface area contributed by atoms with Gasteiger partial charge in [-0.2, -0.15) is 5.10 Å². The van der Waals surface area contributed by atoms with Crippen LogP contribution in [-0.4, -0.2) is 46.3 Å². The van der Waals surface area contributed by atoms with Crippen molar-refractivity contribution in [2.45, 2.75) is 38.8 Å². The Labute approximate surface area is 108 Å². The van der Waals surface area contributed by atoms with Gasteiger partial charge in [0.15, 0.2) is 0 Å². The van der Waals surface area contributed by atoms with Crippen LogP contribution in [0.1, 0.15) is 32.7 Å². The molecule has 0 bridgehead atoms. The van der Waals surface area contributed by atoms with Crippen molar-refractivity contribution in [1.82, 2.24) is 20.0 Å². The number of aromatic nitrogens is 2. The highest BCUT2D eigenvalue weighted by atomic mass is 16.2. The Balaban J connectivity index is 1.71. The molecule has 1 aliphatic rings. The molecule has 1 amide bonds. The molecule has 0 radical (unpaired) electrons. The summed E-state index contributed by atoms with van der Waals surface area (Å²) in [6.45, 7) is 6.88. The normalized spacial score (nSPS) is 19.2. The van der Waals surface area contributed by atoms with Crippen LogP contribution in [-0.2, 0) is 4.79 Å². The standard InChI is InChI=1S/C13H22N4O/c1-11(12(2)17-9-4-6-15-17)14-7-10-16-8-3-5-13(16)18/h4,6,9,11-12,14H,3,5,7-8,10H2,1-2H3/t11-,12+/m0/s1. The number of carbonyl (C=O) groups excluding carboxylic acids is 1. The topological polar surface area (TPSA) is 50.2 Å². The van der Waals surface area contributed by atoms with E-state index in [4.69, 9.17) is 0 Å². The number of likely N-dealkylation sites (tertiary alicyclic amines) is 1. The monoisotopic (exact) mass is 250 g/mol. The molecule has 1 aromatic rings. The van der Waals surface area contributed by atoms with Crippen LogP contribution in [0.3, 0.4) is 0 Å². The molecule has 18 heavy (non-hydrogen) atoms. The van der Waals surface area contributed by atoms with Crippen LogP contribution < -0.4 is 5.32 Å². The smallest absolute Gasteiger partial charge is 0.222 e. The maximum Gasteiger partial charge on any atom is 0.222 e. The lowest BCUT2D eigenvalue weighted by Gasteiger charge is -2.23. The van der Waals surface area contributed by atoms with E-state index in [1.54, 1.807) is 6.20 Å². The average molecular weight is 250 g/mol. The van der Waals surface area contributed by atoms with Gasteiger partial charge in [-0.15, -0.1) is 0 Å². The molecule has 2 atom stereocenters. The Hall–Kier alpha value is -1.36. The molecule has 0 aromatic carbocycles.